The van der Waals surface area contributed by atoms with Crippen LogP contribution in [0.5, 0.6) is 0 Å². The van der Waals surface area contributed by atoms with Crippen molar-refractivity contribution in [2.24, 2.45) is 11.0 Å². The Kier molecular flexibility index (Phi) is 7.20. The van der Waals surface area contributed by atoms with Crippen molar-refractivity contribution in [3.63, 3.8) is 0 Å². The number of nitrogens with zero attached hydrogens (tertiary/aromatic N) is 2. The van der Waals surface area contributed by atoms with Crippen LogP contribution in [0.3, 0.4) is 0 Å². The molecule has 2 aromatic rings. The summed E-state index contributed by atoms with van der Waals surface area (Å²) in [6.45, 7) is 3.88. The van der Waals surface area contributed by atoms with Gasteiger partial charge in [-0.05, 0) is 49.1 Å². The van der Waals surface area contributed by atoms with Crippen LogP contribution in [0.4, 0.5) is 0 Å². The molecule has 2 bridgehead atoms. The molecule has 6 nitrogen and oxygen atoms in total. The average molecular weight is 484 g/mol. The minimum absolute atomic E-state index is 0. The van der Waals surface area contributed by atoms with E-state index in [1.165, 1.54) is 25.7 Å². The molecular formula is C27H34ClN3O3. The van der Waals surface area contributed by atoms with Gasteiger partial charge in [0, 0.05) is 25.6 Å². The van der Waals surface area contributed by atoms with Gasteiger partial charge in [-0.1, -0.05) is 67.6 Å². The van der Waals surface area contributed by atoms with Crippen molar-refractivity contribution >= 4 is 24.3 Å². The topological polar surface area (TPSA) is 74.2 Å². The fraction of sp³-hybridized carbons (Fsp3) is 0.481. The van der Waals surface area contributed by atoms with Gasteiger partial charge in [-0.25, -0.2) is 4.79 Å². The number of piperidine rings is 2. The van der Waals surface area contributed by atoms with Crippen LogP contribution in [-0.4, -0.2) is 46.7 Å². The predicted octanol–water partition coefficient (Wildman–Crippen LogP) is 4.78. The molecule has 0 amide bonds. The second-order valence-corrected chi connectivity index (χ2v) is 9.67. The first-order valence-corrected chi connectivity index (χ1v) is 12.2. The minimum atomic E-state index is -1.53. The van der Waals surface area contributed by atoms with Crippen molar-refractivity contribution < 1.29 is 14.6 Å². The van der Waals surface area contributed by atoms with Crippen LogP contribution in [0.15, 0.2) is 65.8 Å². The minimum Gasteiger partial charge on any atom is -0.477 e. The summed E-state index contributed by atoms with van der Waals surface area (Å²) < 4.78 is 6.26. The lowest BCUT2D eigenvalue weighted by molar-refractivity contribution is -0.158. The number of hydrogen-bond donors (Lipinski definition) is 2. The van der Waals surface area contributed by atoms with Crippen molar-refractivity contribution in [3.05, 3.63) is 71.8 Å². The number of hydrogen-bond acceptors (Lipinski definition) is 5. The Bertz CT molecular complexity index is 969. The number of carboxylic acids is 1. The Morgan fingerprint density at radius 2 is 1.68 bits per heavy atom. The third-order valence-corrected chi connectivity index (χ3v) is 7.95. The lowest BCUT2D eigenvalue weighted by Crippen LogP contribution is -2.52. The van der Waals surface area contributed by atoms with Crippen molar-refractivity contribution in [2.75, 3.05) is 13.1 Å². The summed E-state index contributed by atoms with van der Waals surface area (Å²) in [4.78, 5) is 14.8. The SMILES string of the molecule is CCC1(C(=O)O)NN=C(C(CCN2CC3CCC2CC3)(c2ccccc2)c2ccccc2)O1.Cl. The Balaban J connectivity index is 0.00000274. The van der Waals surface area contributed by atoms with E-state index < -0.39 is 17.1 Å². The Morgan fingerprint density at radius 1 is 1.09 bits per heavy atom. The van der Waals surface area contributed by atoms with Gasteiger partial charge in [-0.15, -0.1) is 17.5 Å². The molecule has 34 heavy (non-hydrogen) atoms. The number of rotatable bonds is 8. The third-order valence-electron chi connectivity index (χ3n) is 7.95. The molecule has 2 saturated heterocycles. The van der Waals surface area contributed by atoms with Crippen molar-refractivity contribution in [1.29, 1.82) is 0 Å². The predicted molar refractivity (Wildman–Crippen MR) is 135 cm³/mol. The van der Waals surface area contributed by atoms with Gasteiger partial charge in [0.05, 0.1) is 5.41 Å². The fourth-order valence-corrected chi connectivity index (χ4v) is 5.94. The van der Waals surface area contributed by atoms with Gasteiger partial charge in [0.15, 0.2) is 0 Å². The molecule has 4 aliphatic rings. The van der Waals surface area contributed by atoms with Crippen LogP contribution >= 0.6 is 12.4 Å². The van der Waals surface area contributed by atoms with E-state index in [2.05, 4.69) is 39.7 Å². The van der Waals surface area contributed by atoms with Gasteiger partial charge >= 0.3 is 5.97 Å². The summed E-state index contributed by atoms with van der Waals surface area (Å²) in [5.74, 6) is 0.192. The largest absolute Gasteiger partial charge is 0.477 e. The molecule has 6 rings (SSSR count). The van der Waals surface area contributed by atoms with E-state index in [4.69, 9.17) is 4.74 Å². The van der Waals surface area contributed by atoms with Gasteiger partial charge < -0.3 is 14.7 Å². The van der Waals surface area contributed by atoms with E-state index in [-0.39, 0.29) is 18.8 Å². The summed E-state index contributed by atoms with van der Waals surface area (Å²) >= 11 is 0. The Hall–Kier alpha value is -2.57. The molecule has 182 valence electrons. The van der Waals surface area contributed by atoms with Gasteiger partial charge in [0.1, 0.15) is 0 Å². The normalized spacial score (nSPS) is 26.2. The number of fused-ring (bicyclic) bond motifs is 3. The van der Waals surface area contributed by atoms with E-state index >= 15 is 0 Å². The first-order chi connectivity index (χ1) is 16.1. The second kappa shape index (κ2) is 9.96. The number of hydrazone groups is 1. The highest BCUT2D eigenvalue weighted by atomic mass is 35.5. The Morgan fingerprint density at radius 3 is 2.12 bits per heavy atom. The number of carbonyl (C=O) groups is 1. The summed E-state index contributed by atoms with van der Waals surface area (Å²) in [5.41, 5.74) is 2.75. The smallest absolute Gasteiger partial charge is 0.371 e. The first-order valence-electron chi connectivity index (χ1n) is 12.2. The molecule has 2 N–H and O–H groups in total. The van der Waals surface area contributed by atoms with Crippen LogP contribution in [0.25, 0.3) is 0 Å². The zero-order valence-corrected chi connectivity index (χ0v) is 20.5. The number of halogens is 1. The van der Waals surface area contributed by atoms with E-state index in [1.54, 1.807) is 6.92 Å². The molecule has 1 unspecified atom stereocenters. The quantitative estimate of drug-likeness (QED) is 0.565. The summed E-state index contributed by atoms with van der Waals surface area (Å²) in [5, 5.41) is 14.5. The standard InChI is InChI=1S/C27H33N3O3.ClH/c1-2-27(25(31)32)29-28-24(33-27)26(21-9-5-3-6-10-21,22-11-7-4-8-12-22)17-18-30-19-20-13-15-23(30)16-14-20;/h3-12,20,23,29H,2,13-19H2,1H3,(H,31,32);1H. The number of benzene rings is 2. The van der Waals surface area contributed by atoms with E-state index in [9.17, 15) is 9.90 Å². The fourth-order valence-electron chi connectivity index (χ4n) is 5.94. The summed E-state index contributed by atoms with van der Waals surface area (Å²) in [6, 6.07) is 21.2. The van der Waals surface area contributed by atoms with Gasteiger partial charge in [-0.2, -0.15) is 0 Å². The molecule has 3 aliphatic heterocycles. The zero-order valence-electron chi connectivity index (χ0n) is 19.7. The molecule has 0 spiro atoms. The van der Waals surface area contributed by atoms with Gasteiger partial charge in [0.25, 0.3) is 5.72 Å². The number of carboxylic acid groups (broad SMARTS) is 1. The number of aliphatic carboxylic acids is 1. The second-order valence-electron chi connectivity index (χ2n) is 9.67. The highest BCUT2D eigenvalue weighted by Gasteiger charge is 2.52. The highest BCUT2D eigenvalue weighted by Crippen LogP contribution is 2.42. The maximum atomic E-state index is 12.1. The lowest BCUT2D eigenvalue weighted by atomic mass is 9.71. The highest BCUT2D eigenvalue weighted by molar-refractivity contribution is 5.96. The molecule has 3 heterocycles. The molecule has 0 aromatic heterocycles. The van der Waals surface area contributed by atoms with Crippen molar-refractivity contribution in [1.82, 2.24) is 10.3 Å². The molecule has 1 saturated carbocycles. The third kappa shape index (κ3) is 4.18. The van der Waals surface area contributed by atoms with Crippen LogP contribution in [0, 0.1) is 5.92 Å². The number of ether oxygens (including phenoxy) is 1. The summed E-state index contributed by atoms with van der Waals surface area (Å²) in [7, 11) is 0. The summed E-state index contributed by atoms with van der Waals surface area (Å²) in [6.07, 6.45) is 6.30. The lowest BCUT2D eigenvalue weighted by Gasteiger charge is -2.47. The van der Waals surface area contributed by atoms with Crippen LogP contribution in [-0.2, 0) is 14.9 Å². The van der Waals surface area contributed by atoms with Crippen molar-refractivity contribution in [3.8, 4) is 0 Å². The van der Waals surface area contributed by atoms with Crippen LogP contribution in [0.2, 0.25) is 0 Å². The molecule has 0 radical (unpaired) electrons. The number of nitrogens with one attached hydrogen (secondary N) is 1. The molecule has 2 aromatic carbocycles. The molecule has 1 atom stereocenters. The molecular weight excluding hydrogens is 450 g/mol. The molecule has 1 aliphatic carbocycles. The zero-order chi connectivity index (χ0) is 22.9. The monoisotopic (exact) mass is 483 g/mol. The van der Waals surface area contributed by atoms with Crippen LogP contribution in [0.1, 0.15) is 56.6 Å². The van der Waals surface area contributed by atoms with Crippen molar-refractivity contribution in [2.45, 2.75) is 62.6 Å². The Labute approximate surface area is 207 Å². The van der Waals surface area contributed by atoms with Crippen LogP contribution < -0.4 is 5.43 Å². The molecule has 7 heteroatoms. The van der Waals surface area contributed by atoms with E-state index in [0.29, 0.717) is 11.9 Å². The average Bonchev–Trinajstić information content (AvgIpc) is 3.33. The molecule has 3 fully saturated rings. The van der Waals surface area contributed by atoms with E-state index in [0.717, 1.165) is 36.6 Å². The van der Waals surface area contributed by atoms with Gasteiger partial charge in [0.2, 0.25) is 5.90 Å². The maximum Gasteiger partial charge on any atom is 0.371 e. The maximum absolute atomic E-state index is 12.1. The van der Waals surface area contributed by atoms with E-state index in [1.807, 2.05) is 36.4 Å². The van der Waals surface area contributed by atoms with Gasteiger partial charge in [-0.3, -0.25) is 5.43 Å². The first kappa shape index (κ1) is 24.6.